The van der Waals surface area contributed by atoms with Gasteiger partial charge in [0.1, 0.15) is 0 Å². The van der Waals surface area contributed by atoms with Crippen molar-refractivity contribution < 1.29 is 0 Å². The molecular formula is C10H8ClNS. The summed E-state index contributed by atoms with van der Waals surface area (Å²) in [5, 5.41) is 1.69. The van der Waals surface area contributed by atoms with Crippen molar-refractivity contribution >= 4 is 35.1 Å². The van der Waals surface area contributed by atoms with Crippen LogP contribution in [0, 0.1) is 6.92 Å². The van der Waals surface area contributed by atoms with Crippen molar-refractivity contribution in [3.05, 3.63) is 35.0 Å². The molecule has 1 aromatic carbocycles. The molecule has 0 radical (unpaired) electrons. The van der Waals surface area contributed by atoms with Crippen molar-refractivity contribution in [2.75, 3.05) is 0 Å². The minimum atomic E-state index is 0.735. The minimum absolute atomic E-state index is 0.735. The fourth-order valence-electron chi connectivity index (χ4n) is 1.30. The summed E-state index contributed by atoms with van der Waals surface area (Å²) in [5.41, 5.74) is 1.85. The number of hydrogen-bond acceptors (Lipinski definition) is 2. The first-order chi connectivity index (χ1) is 6.16. The maximum Gasteiger partial charge on any atom is 0.0720 e. The number of benzene rings is 1. The first-order valence-electron chi connectivity index (χ1n) is 3.93. The Morgan fingerprint density at radius 3 is 2.85 bits per heavy atom. The van der Waals surface area contributed by atoms with Gasteiger partial charge in [0, 0.05) is 16.0 Å². The van der Waals surface area contributed by atoms with E-state index >= 15 is 0 Å². The highest BCUT2D eigenvalue weighted by Gasteiger charge is 2.01. The molecule has 0 aliphatic carbocycles. The standard InChI is InChI=1S/C10H8ClNS/c1-6-4-9(11)8-5-7(13)2-3-10(8)12-6/h2-5,13H,1H3. The van der Waals surface area contributed by atoms with Gasteiger partial charge in [-0.15, -0.1) is 12.6 Å². The number of halogens is 1. The monoisotopic (exact) mass is 209 g/mol. The molecule has 2 rings (SSSR count). The summed E-state index contributed by atoms with van der Waals surface area (Å²) in [6.07, 6.45) is 0. The van der Waals surface area contributed by atoms with Crippen molar-refractivity contribution in [3.8, 4) is 0 Å². The molecule has 0 saturated carbocycles. The van der Waals surface area contributed by atoms with E-state index in [0.29, 0.717) is 0 Å². The highest BCUT2D eigenvalue weighted by Crippen LogP contribution is 2.24. The third kappa shape index (κ3) is 1.64. The van der Waals surface area contributed by atoms with Gasteiger partial charge in [-0.25, -0.2) is 0 Å². The molecular weight excluding hydrogens is 202 g/mol. The highest BCUT2D eigenvalue weighted by atomic mass is 35.5. The fourth-order valence-corrected chi connectivity index (χ4v) is 1.81. The van der Waals surface area contributed by atoms with E-state index in [0.717, 1.165) is 26.5 Å². The normalized spacial score (nSPS) is 10.7. The molecule has 0 unspecified atom stereocenters. The number of aromatic nitrogens is 1. The van der Waals surface area contributed by atoms with Crippen LogP contribution in [0.2, 0.25) is 5.02 Å². The molecule has 3 heteroatoms. The van der Waals surface area contributed by atoms with Crippen molar-refractivity contribution in [1.82, 2.24) is 4.98 Å². The van der Waals surface area contributed by atoms with Crippen molar-refractivity contribution in [3.63, 3.8) is 0 Å². The first-order valence-corrected chi connectivity index (χ1v) is 4.75. The van der Waals surface area contributed by atoms with Crippen LogP contribution in [-0.2, 0) is 0 Å². The van der Waals surface area contributed by atoms with Crippen LogP contribution in [0.3, 0.4) is 0 Å². The van der Waals surface area contributed by atoms with Gasteiger partial charge in [0.2, 0.25) is 0 Å². The zero-order chi connectivity index (χ0) is 9.42. The Bertz CT molecular complexity index is 468. The van der Waals surface area contributed by atoms with E-state index in [1.807, 2.05) is 31.2 Å². The SMILES string of the molecule is Cc1cc(Cl)c2cc(S)ccc2n1. The maximum absolute atomic E-state index is 6.06. The Kier molecular flexibility index (Phi) is 2.18. The topological polar surface area (TPSA) is 12.9 Å². The molecule has 13 heavy (non-hydrogen) atoms. The highest BCUT2D eigenvalue weighted by molar-refractivity contribution is 7.80. The second kappa shape index (κ2) is 3.20. The predicted molar refractivity (Wildman–Crippen MR) is 58.7 cm³/mol. The number of fused-ring (bicyclic) bond motifs is 1. The molecule has 1 nitrogen and oxygen atoms in total. The summed E-state index contributed by atoms with van der Waals surface area (Å²) in [7, 11) is 0. The van der Waals surface area contributed by atoms with E-state index in [4.69, 9.17) is 11.6 Å². The van der Waals surface area contributed by atoms with Gasteiger partial charge in [-0.05, 0) is 31.2 Å². The van der Waals surface area contributed by atoms with Crippen LogP contribution in [0.1, 0.15) is 5.69 Å². The summed E-state index contributed by atoms with van der Waals surface area (Å²) in [4.78, 5) is 5.26. The molecule has 0 amide bonds. The predicted octanol–water partition coefficient (Wildman–Crippen LogP) is 3.49. The summed E-state index contributed by atoms with van der Waals surface area (Å²) < 4.78 is 0. The van der Waals surface area contributed by atoms with Gasteiger partial charge in [0.05, 0.1) is 10.5 Å². The average Bonchev–Trinajstić information content (AvgIpc) is 2.06. The molecule has 66 valence electrons. The van der Waals surface area contributed by atoms with Gasteiger partial charge in [-0.2, -0.15) is 0 Å². The second-order valence-corrected chi connectivity index (χ2v) is 3.87. The van der Waals surface area contributed by atoms with Gasteiger partial charge < -0.3 is 0 Å². The molecule has 1 aromatic heterocycles. The Morgan fingerprint density at radius 2 is 2.08 bits per heavy atom. The van der Waals surface area contributed by atoms with Crippen LogP contribution >= 0.6 is 24.2 Å². The number of aryl methyl sites for hydroxylation is 1. The van der Waals surface area contributed by atoms with E-state index in [1.165, 1.54) is 0 Å². The first kappa shape index (κ1) is 8.85. The molecule has 0 aliphatic heterocycles. The van der Waals surface area contributed by atoms with Crippen LogP contribution in [0.5, 0.6) is 0 Å². The number of hydrogen-bond donors (Lipinski definition) is 1. The van der Waals surface area contributed by atoms with Crippen molar-refractivity contribution in [2.45, 2.75) is 11.8 Å². The Morgan fingerprint density at radius 1 is 1.31 bits per heavy atom. The van der Waals surface area contributed by atoms with Crippen molar-refractivity contribution in [1.29, 1.82) is 0 Å². The third-order valence-corrected chi connectivity index (χ3v) is 2.46. The lowest BCUT2D eigenvalue weighted by Gasteiger charge is -2.02. The average molecular weight is 210 g/mol. The molecule has 0 atom stereocenters. The van der Waals surface area contributed by atoms with Crippen LogP contribution in [-0.4, -0.2) is 4.98 Å². The molecule has 0 N–H and O–H groups in total. The molecule has 0 saturated heterocycles. The maximum atomic E-state index is 6.06. The largest absolute Gasteiger partial charge is 0.253 e. The second-order valence-electron chi connectivity index (χ2n) is 2.95. The number of pyridine rings is 1. The summed E-state index contributed by atoms with van der Waals surface area (Å²) >= 11 is 10.3. The lowest BCUT2D eigenvalue weighted by atomic mass is 10.2. The molecule has 0 aliphatic rings. The van der Waals surface area contributed by atoms with E-state index in [1.54, 1.807) is 0 Å². The zero-order valence-corrected chi connectivity index (χ0v) is 8.73. The molecule has 2 aromatic rings. The van der Waals surface area contributed by atoms with Gasteiger partial charge >= 0.3 is 0 Å². The van der Waals surface area contributed by atoms with Crippen LogP contribution in [0.25, 0.3) is 10.9 Å². The molecule has 0 spiro atoms. The summed E-state index contributed by atoms with van der Waals surface area (Å²) in [6.45, 7) is 1.93. The van der Waals surface area contributed by atoms with E-state index < -0.39 is 0 Å². The van der Waals surface area contributed by atoms with Gasteiger partial charge in [-0.1, -0.05) is 11.6 Å². The van der Waals surface area contributed by atoms with Gasteiger partial charge in [-0.3, -0.25) is 4.98 Å². The van der Waals surface area contributed by atoms with E-state index in [2.05, 4.69) is 17.6 Å². The smallest absolute Gasteiger partial charge is 0.0720 e. The lowest BCUT2D eigenvalue weighted by Crippen LogP contribution is -1.84. The zero-order valence-electron chi connectivity index (χ0n) is 7.08. The van der Waals surface area contributed by atoms with Crippen LogP contribution < -0.4 is 0 Å². The van der Waals surface area contributed by atoms with Crippen LogP contribution in [0.15, 0.2) is 29.2 Å². The fraction of sp³-hybridized carbons (Fsp3) is 0.100. The Labute approximate surface area is 87.2 Å². The Balaban J connectivity index is 2.87. The number of thiol groups is 1. The van der Waals surface area contributed by atoms with E-state index in [9.17, 15) is 0 Å². The summed E-state index contributed by atoms with van der Waals surface area (Å²) in [6, 6.07) is 7.62. The number of nitrogens with zero attached hydrogens (tertiary/aromatic N) is 1. The van der Waals surface area contributed by atoms with Gasteiger partial charge in [0.25, 0.3) is 0 Å². The molecule has 0 bridgehead atoms. The van der Waals surface area contributed by atoms with Crippen molar-refractivity contribution in [2.24, 2.45) is 0 Å². The molecule has 1 heterocycles. The lowest BCUT2D eigenvalue weighted by molar-refractivity contribution is 1.25. The summed E-state index contributed by atoms with van der Waals surface area (Å²) in [5.74, 6) is 0. The minimum Gasteiger partial charge on any atom is -0.253 e. The molecule has 0 fully saturated rings. The Hall–Kier alpha value is -0.730. The van der Waals surface area contributed by atoms with E-state index in [-0.39, 0.29) is 0 Å². The number of rotatable bonds is 0. The van der Waals surface area contributed by atoms with Gasteiger partial charge in [0.15, 0.2) is 0 Å². The van der Waals surface area contributed by atoms with Crippen LogP contribution in [0.4, 0.5) is 0 Å². The third-order valence-electron chi connectivity index (χ3n) is 1.87. The quantitative estimate of drug-likeness (QED) is 0.656.